The molecular weight excluding hydrogens is 331 g/mol. The normalized spacial score (nSPS) is 10.4. The Balaban J connectivity index is 1.69. The van der Waals surface area contributed by atoms with Crippen LogP contribution in [-0.2, 0) is 6.54 Å². The summed E-state index contributed by atoms with van der Waals surface area (Å²) in [5.41, 5.74) is 2.33. The van der Waals surface area contributed by atoms with E-state index in [2.05, 4.69) is 15.3 Å². The Morgan fingerprint density at radius 2 is 1.92 bits per heavy atom. The van der Waals surface area contributed by atoms with Crippen molar-refractivity contribution in [2.24, 2.45) is 0 Å². The number of nitrogens with zero attached hydrogens (tertiary/aromatic N) is 3. The SMILES string of the molecule is Cc1nccc(C(=O)NCc2ccc(N(C)c3ccccc3)c(F)c2)n1. The Kier molecular flexibility index (Phi) is 5.22. The monoisotopic (exact) mass is 350 g/mol. The van der Waals surface area contributed by atoms with Crippen LogP contribution in [-0.4, -0.2) is 22.9 Å². The molecule has 0 fully saturated rings. The van der Waals surface area contributed by atoms with Crippen molar-refractivity contribution in [3.05, 3.63) is 83.7 Å². The van der Waals surface area contributed by atoms with E-state index in [0.717, 1.165) is 5.69 Å². The molecule has 1 aromatic heterocycles. The third kappa shape index (κ3) is 4.03. The molecule has 0 aliphatic rings. The number of aryl methyl sites for hydroxylation is 1. The molecule has 0 spiro atoms. The molecule has 1 amide bonds. The van der Waals surface area contributed by atoms with Gasteiger partial charge in [0.15, 0.2) is 0 Å². The van der Waals surface area contributed by atoms with E-state index in [1.54, 1.807) is 30.0 Å². The first kappa shape index (κ1) is 17.5. The maximum absolute atomic E-state index is 14.5. The number of carbonyl (C=O) groups is 1. The minimum absolute atomic E-state index is 0.216. The highest BCUT2D eigenvalue weighted by Crippen LogP contribution is 2.26. The van der Waals surface area contributed by atoms with Crippen molar-refractivity contribution in [2.75, 3.05) is 11.9 Å². The Morgan fingerprint density at radius 3 is 2.62 bits per heavy atom. The zero-order valence-electron chi connectivity index (χ0n) is 14.6. The van der Waals surface area contributed by atoms with Crippen LogP contribution in [0.2, 0.25) is 0 Å². The highest BCUT2D eigenvalue weighted by Gasteiger charge is 2.11. The molecule has 0 aliphatic heterocycles. The van der Waals surface area contributed by atoms with Crippen LogP contribution in [0.1, 0.15) is 21.9 Å². The summed E-state index contributed by atoms with van der Waals surface area (Å²) in [4.78, 5) is 21.9. The lowest BCUT2D eigenvalue weighted by molar-refractivity contribution is 0.0945. The second kappa shape index (κ2) is 7.74. The Bertz CT molecular complexity index is 915. The molecular formula is C20H19FN4O. The number of aromatic nitrogens is 2. The standard InChI is InChI=1S/C20H19FN4O/c1-14-22-11-10-18(24-14)20(26)23-13-15-8-9-19(17(21)12-15)25(2)16-6-4-3-5-7-16/h3-12H,13H2,1-2H3,(H,23,26). The van der Waals surface area contributed by atoms with Crippen LogP contribution in [0.3, 0.4) is 0 Å². The summed E-state index contributed by atoms with van der Waals surface area (Å²) in [6, 6.07) is 16.0. The number of amides is 1. The summed E-state index contributed by atoms with van der Waals surface area (Å²) in [6.45, 7) is 1.93. The van der Waals surface area contributed by atoms with Crippen LogP contribution >= 0.6 is 0 Å². The molecule has 3 rings (SSSR count). The fraction of sp³-hybridized carbons (Fsp3) is 0.150. The third-order valence-corrected chi connectivity index (χ3v) is 3.98. The van der Waals surface area contributed by atoms with E-state index in [1.165, 1.54) is 12.3 Å². The highest BCUT2D eigenvalue weighted by molar-refractivity contribution is 5.92. The van der Waals surface area contributed by atoms with Gasteiger partial charge in [0.25, 0.3) is 5.91 Å². The lowest BCUT2D eigenvalue weighted by Gasteiger charge is -2.20. The number of rotatable bonds is 5. The minimum atomic E-state index is -0.346. The van der Waals surface area contributed by atoms with E-state index >= 15 is 0 Å². The lowest BCUT2D eigenvalue weighted by Crippen LogP contribution is -2.24. The van der Waals surface area contributed by atoms with Gasteiger partial charge in [0.05, 0.1) is 5.69 Å². The van der Waals surface area contributed by atoms with Crippen molar-refractivity contribution in [1.29, 1.82) is 0 Å². The van der Waals surface area contributed by atoms with Crippen LogP contribution in [0.15, 0.2) is 60.8 Å². The van der Waals surface area contributed by atoms with Crippen molar-refractivity contribution in [3.63, 3.8) is 0 Å². The van der Waals surface area contributed by atoms with Gasteiger partial charge in [-0.3, -0.25) is 4.79 Å². The first-order valence-electron chi connectivity index (χ1n) is 8.19. The van der Waals surface area contributed by atoms with Crippen molar-refractivity contribution in [1.82, 2.24) is 15.3 Å². The van der Waals surface area contributed by atoms with Crippen molar-refractivity contribution in [2.45, 2.75) is 13.5 Å². The molecule has 1 N–H and O–H groups in total. The number of anilines is 2. The molecule has 0 bridgehead atoms. The molecule has 0 radical (unpaired) electrons. The van der Waals surface area contributed by atoms with Gasteiger partial charge in [0.2, 0.25) is 0 Å². The molecule has 0 saturated carbocycles. The quantitative estimate of drug-likeness (QED) is 0.763. The van der Waals surface area contributed by atoms with E-state index in [1.807, 2.05) is 37.4 Å². The topological polar surface area (TPSA) is 58.1 Å². The molecule has 1 heterocycles. The number of benzene rings is 2. The molecule has 0 saturated heterocycles. The second-order valence-electron chi connectivity index (χ2n) is 5.85. The zero-order valence-corrected chi connectivity index (χ0v) is 14.6. The van der Waals surface area contributed by atoms with E-state index in [0.29, 0.717) is 22.8 Å². The first-order valence-corrected chi connectivity index (χ1v) is 8.19. The van der Waals surface area contributed by atoms with Crippen molar-refractivity contribution in [3.8, 4) is 0 Å². The maximum Gasteiger partial charge on any atom is 0.270 e. The average Bonchev–Trinajstić information content (AvgIpc) is 2.66. The smallest absolute Gasteiger partial charge is 0.270 e. The largest absolute Gasteiger partial charge is 0.347 e. The highest BCUT2D eigenvalue weighted by atomic mass is 19.1. The Hall–Kier alpha value is -3.28. The Labute approximate surface area is 151 Å². The van der Waals surface area contributed by atoms with Gasteiger partial charge in [-0.25, -0.2) is 14.4 Å². The van der Waals surface area contributed by atoms with Crippen LogP contribution in [0.5, 0.6) is 0 Å². The van der Waals surface area contributed by atoms with Crippen molar-refractivity contribution >= 4 is 17.3 Å². The molecule has 2 aromatic carbocycles. The average molecular weight is 350 g/mol. The number of nitrogens with one attached hydrogen (secondary N) is 1. The van der Waals surface area contributed by atoms with Crippen LogP contribution in [0.4, 0.5) is 15.8 Å². The molecule has 0 aliphatic carbocycles. The zero-order chi connectivity index (χ0) is 18.5. The molecule has 6 heteroatoms. The summed E-state index contributed by atoms with van der Waals surface area (Å²) >= 11 is 0. The number of halogens is 1. The molecule has 5 nitrogen and oxygen atoms in total. The molecule has 26 heavy (non-hydrogen) atoms. The molecule has 0 atom stereocenters. The predicted molar refractivity (Wildman–Crippen MR) is 98.8 cm³/mol. The summed E-state index contributed by atoms with van der Waals surface area (Å²) in [7, 11) is 1.81. The minimum Gasteiger partial charge on any atom is -0.347 e. The third-order valence-electron chi connectivity index (χ3n) is 3.98. The number of hydrogen-bond donors (Lipinski definition) is 1. The van der Waals surface area contributed by atoms with Crippen molar-refractivity contribution < 1.29 is 9.18 Å². The summed E-state index contributed by atoms with van der Waals surface area (Å²) in [5.74, 6) is -0.139. The number of hydrogen-bond acceptors (Lipinski definition) is 4. The summed E-state index contributed by atoms with van der Waals surface area (Å²) in [5, 5.41) is 2.74. The van der Waals surface area contributed by atoms with Gasteiger partial charge in [0.1, 0.15) is 17.3 Å². The number of carbonyl (C=O) groups excluding carboxylic acids is 1. The van der Waals surface area contributed by atoms with Crippen LogP contribution < -0.4 is 10.2 Å². The first-order chi connectivity index (χ1) is 12.5. The summed E-state index contributed by atoms with van der Waals surface area (Å²) < 4.78 is 14.5. The van der Waals surface area contributed by atoms with Gasteiger partial charge in [0, 0.05) is 25.5 Å². The van der Waals surface area contributed by atoms with Gasteiger partial charge in [-0.05, 0) is 42.8 Å². The predicted octanol–water partition coefficient (Wildman–Crippen LogP) is 3.62. The fourth-order valence-corrected chi connectivity index (χ4v) is 2.58. The van der Waals surface area contributed by atoms with Gasteiger partial charge in [-0.1, -0.05) is 24.3 Å². The van der Waals surface area contributed by atoms with E-state index in [-0.39, 0.29) is 18.3 Å². The molecule has 3 aromatic rings. The summed E-state index contributed by atoms with van der Waals surface area (Å²) in [6.07, 6.45) is 1.53. The van der Waals surface area contributed by atoms with Gasteiger partial charge >= 0.3 is 0 Å². The second-order valence-corrected chi connectivity index (χ2v) is 5.85. The van der Waals surface area contributed by atoms with E-state index in [9.17, 15) is 9.18 Å². The molecule has 132 valence electrons. The lowest BCUT2D eigenvalue weighted by atomic mass is 10.1. The van der Waals surface area contributed by atoms with Crippen LogP contribution in [0.25, 0.3) is 0 Å². The van der Waals surface area contributed by atoms with E-state index < -0.39 is 0 Å². The maximum atomic E-state index is 14.5. The van der Waals surface area contributed by atoms with E-state index in [4.69, 9.17) is 0 Å². The van der Waals surface area contributed by atoms with Gasteiger partial charge < -0.3 is 10.2 Å². The Morgan fingerprint density at radius 1 is 1.15 bits per heavy atom. The molecule has 0 unspecified atom stereocenters. The van der Waals surface area contributed by atoms with Gasteiger partial charge in [-0.2, -0.15) is 0 Å². The van der Waals surface area contributed by atoms with Crippen LogP contribution in [0, 0.1) is 12.7 Å². The fourth-order valence-electron chi connectivity index (χ4n) is 2.58. The van der Waals surface area contributed by atoms with Gasteiger partial charge in [-0.15, -0.1) is 0 Å². The number of para-hydroxylation sites is 1.